The van der Waals surface area contributed by atoms with E-state index in [0.717, 1.165) is 25.2 Å². The van der Waals surface area contributed by atoms with Gasteiger partial charge in [-0.1, -0.05) is 5.16 Å². The molecule has 2 N–H and O–H groups in total. The van der Waals surface area contributed by atoms with E-state index in [1.54, 1.807) is 12.1 Å². The highest BCUT2D eigenvalue weighted by molar-refractivity contribution is 5.85. The van der Waals surface area contributed by atoms with Crippen LogP contribution in [0.1, 0.15) is 11.9 Å². The molecule has 0 radical (unpaired) electrons. The van der Waals surface area contributed by atoms with Gasteiger partial charge >= 0.3 is 0 Å². The first-order chi connectivity index (χ1) is 11.7. The lowest BCUT2D eigenvalue weighted by atomic mass is 10.1. The smallest absolute Gasteiger partial charge is 0.276 e. The Hall–Kier alpha value is -2.29. The van der Waals surface area contributed by atoms with Crippen molar-refractivity contribution in [3.05, 3.63) is 42.0 Å². The van der Waals surface area contributed by atoms with Crippen molar-refractivity contribution in [3.8, 4) is 22.8 Å². The van der Waals surface area contributed by atoms with Crippen LogP contribution in [0.5, 0.6) is 0 Å². The van der Waals surface area contributed by atoms with Crippen molar-refractivity contribution in [2.75, 3.05) is 26.7 Å². The Morgan fingerprint density at radius 1 is 1.28 bits per heavy atom. The zero-order valence-electron chi connectivity index (χ0n) is 13.6. The van der Waals surface area contributed by atoms with Crippen LogP contribution < -0.4 is 5.32 Å². The summed E-state index contributed by atoms with van der Waals surface area (Å²) in [6.07, 6.45) is 0. The molecule has 0 amide bonds. The summed E-state index contributed by atoms with van der Waals surface area (Å²) in [6, 6.07) is 8.07. The van der Waals surface area contributed by atoms with Crippen LogP contribution in [-0.2, 0) is 0 Å². The van der Waals surface area contributed by atoms with Crippen molar-refractivity contribution in [3.63, 3.8) is 0 Å². The number of piperazine rings is 1. The number of halogens is 2. The molecule has 1 unspecified atom stereocenters. The van der Waals surface area contributed by atoms with E-state index in [1.165, 1.54) is 12.1 Å². The minimum absolute atomic E-state index is 0. The number of nitrogens with one attached hydrogen (secondary N) is 2. The molecule has 0 saturated carbocycles. The highest BCUT2D eigenvalue weighted by Crippen LogP contribution is 2.25. The van der Waals surface area contributed by atoms with Crippen LogP contribution in [0.25, 0.3) is 22.8 Å². The molecule has 3 aromatic rings. The van der Waals surface area contributed by atoms with E-state index in [0.29, 0.717) is 23.1 Å². The lowest BCUT2D eigenvalue weighted by Crippen LogP contribution is -2.44. The molecular formula is C16H18ClFN6O. The Labute approximate surface area is 150 Å². The van der Waals surface area contributed by atoms with E-state index in [4.69, 9.17) is 4.52 Å². The van der Waals surface area contributed by atoms with E-state index in [-0.39, 0.29) is 24.3 Å². The van der Waals surface area contributed by atoms with Crippen molar-refractivity contribution in [1.82, 2.24) is 30.6 Å². The molecular weight excluding hydrogens is 347 g/mol. The molecule has 3 heterocycles. The predicted octanol–water partition coefficient (Wildman–Crippen LogP) is 2.26. The van der Waals surface area contributed by atoms with E-state index in [2.05, 4.69) is 30.6 Å². The zero-order valence-corrected chi connectivity index (χ0v) is 14.4. The van der Waals surface area contributed by atoms with Crippen molar-refractivity contribution >= 4 is 12.4 Å². The molecule has 0 spiro atoms. The molecule has 132 valence electrons. The van der Waals surface area contributed by atoms with E-state index in [9.17, 15) is 4.39 Å². The van der Waals surface area contributed by atoms with Crippen LogP contribution in [0.2, 0.25) is 0 Å². The van der Waals surface area contributed by atoms with E-state index in [1.807, 2.05) is 13.1 Å². The molecule has 1 aliphatic rings. The lowest BCUT2D eigenvalue weighted by Gasteiger charge is -2.30. The Kier molecular flexibility index (Phi) is 5.12. The fourth-order valence-electron chi connectivity index (χ4n) is 2.77. The van der Waals surface area contributed by atoms with Crippen molar-refractivity contribution in [2.45, 2.75) is 6.04 Å². The van der Waals surface area contributed by atoms with Crippen LogP contribution in [0, 0.1) is 5.82 Å². The fourth-order valence-corrected chi connectivity index (χ4v) is 2.77. The molecule has 25 heavy (non-hydrogen) atoms. The van der Waals surface area contributed by atoms with Gasteiger partial charge in [0.2, 0.25) is 0 Å². The van der Waals surface area contributed by atoms with Gasteiger partial charge in [-0.15, -0.1) is 12.4 Å². The maximum Gasteiger partial charge on any atom is 0.276 e. The van der Waals surface area contributed by atoms with Crippen LogP contribution >= 0.6 is 12.4 Å². The molecule has 0 aliphatic carbocycles. The third-order valence-corrected chi connectivity index (χ3v) is 4.20. The van der Waals surface area contributed by atoms with Crippen LogP contribution in [0.4, 0.5) is 4.39 Å². The number of hydrogen-bond acceptors (Lipinski definition) is 6. The Bertz CT molecular complexity index is 833. The average Bonchev–Trinajstić information content (AvgIpc) is 3.25. The summed E-state index contributed by atoms with van der Waals surface area (Å²) < 4.78 is 18.4. The first kappa shape index (κ1) is 17.5. The number of hydrogen-bond donors (Lipinski definition) is 2. The second kappa shape index (κ2) is 7.30. The zero-order chi connectivity index (χ0) is 16.5. The lowest BCUT2D eigenvalue weighted by molar-refractivity contribution is 0.190. The predicted molar refractivity (Wildman–Crippen MR) is 92.8 cm³/mol. The summed E-state index contributed by atoms with van der Waals surface area (Å²) in [4.78, 5) is 6.68. The topological polar surface area (TPSA) is 82.9 Å². The summed E-state index contributed by atoms with van der Waals surface area (Å²) in [5.74, 6) is 0.767. The van der Waals surface area contributed by atoms with Gasteiger partial charge in [0, 0.05) is 25.2 Å². The first-order valence-electron chi connectivity index (χ1n) is 7.77. The normalized spacial score (nSPS) is 18.1. The maximum atomic E-state index is 13.0. The second-order valence-electron chi connectivity index (χ2n) is 5.83. The monoisotopic (exact) mass is 364 g/mol. The van der Waals surface area contributed by atoms with Gasteiger partial charge in [-0.25, -0.2) is 4.39 Å². The summed E-state index contributed by atoms with van der Waals surface area (Å²) in [5, 5.41) is 14.5. The van der Waals surface area contributed by atoms with Crippen LogP contribution in [-0.4, -0.2) is 51.9 Å². The number of likely N-dealkylation sites (N-methyl/N-ethyl adjacent to an activating group) is 1. The minimum Gasteiger partial charge on any atom is -0.332 e. The Morgan fingerprint density at radius 2 is 2.08 bits per heavy atom. The van der Waals surface area contributed by atoms with Gasteiger partial charge in [-0.2, -0.15) is 10.1 Å². The molecule has 0 bridgehead atoms. The number of aromatic nitrogens is 4. The molecule has 1 aromatic carbocycles. The molecule has 1 aliphatic heterocycles. The quantitative estimate of drug-likeness (QED) is 0.741. The van der Waals surface area contributed by atoms with Crippen molar-refractivity contribution in [2.24, 2.45) is 0 Å². The highest BCUT2D eigenvalue weighted by atomic mass is 35.5. The standard InChI is InChI=1S/C16H17FN6O.ClH/c1-23-7-6-18-9-14(23)15-19-16(24-22-15)13-8-12(20-21-13)10-2-4-11(17)5-3-10;/h2-5,8,14,18H,6-7,9H2,1H3,(H,20,21);1H. The van der Waals surface area contributed by atoms with Crippen LogP contribution in [0.3, 0.4) is 0 Å². The number of aromatic amines is 1. The molecule has 1 atom stereocenters. The summed E-state index contributed by atoms with van der Waals surface area (Å²) in [7, 11) is 2.05. The molecule has 1 fully saturated rings. The van der Waals surface area contributed by atoms with Crippen molar-refractivity contribution < 1.29 is 8.91 Å². The third-order valence-electron chi connectivity index (χ3n) is 4.20. The molecule has 7 nitrogen and oxygen atoms in total. The highest BCUT2D eigenvalue weighted by Gasteiger charge is 2.25. The van der Waals surface area contributed by atoms with Crippen LogP contribution in [0.15, 0.2) is 34.9 Å². The number of rotatable bonds is 3. The third kappa shape index (κ3) is 3.55. The first-order valence-corrected chi connectivity index (χ1v) is 7.77. The average molecular weight is 365 g/mol. The van der Waals surface area contributed by atoms with Gasteiger partial charge in [0.05, 0.1) is 11.7 Å². The van der Waals surface area contributed by atoms with Gasteiger partial charge < -0.3 is 9.84 Å². The Balaban J connectivity index is 0.00000182. The second-order valence-corrected chi connectivity index (χ2v) is 5.83. The molecule has 2 aromatic heterocycles. The fraction of sp³-hybridized carbons (Fsp3) is 0.312. The Morgan fingerprint density at radius 3 is 2.84 bits per heavy atom. The summed E-state index contributed by atoms with van der Waals surface area (Å²) in [6.45, 7) is 2.69. The van der Waals surface area contributed by atoms with Gasteiger partial charge in [0.25, 0.3) is 5.89 Å². The largest absolute Gasteiger partial charge is 0.332 e. The number of benzene rings is 1. The van der Waals surface area contributed by atoms with Gasteiger partial charge in [0.1, 0.15) is 11.5 Å². The van der Waals surface area contributed by atoms with Gasteiger partial charge in [-0.3, -0.25) is 10.00 Å². The molecule has 9 heteroatoms. The molecule has 1 saturated heterocycles. The maximum absolute atomic E-state index is 13.0. The number of nitrogens with zero attached hydrogens (tertiary/aromatic N) is 4. The summed E-state index contributed by atoms with van der Waals surface area (Å²) in [5.41, 5.74) is 2.15. The van der Waals surface area contributed by atoms with E-state index >= 15 is 0 Å². The van der Waals surface area contributed by atoms with Gasteiger partial charge in [0.15, 0.2) is 5.82 Å². The van der Waals surface area contributed by atoms with E-state index < -0.39 is 0 Å². The van der Waals surface area contributed by atoms with Crippen molar-refractivity contribution in [1.29, 1.82) is 0 Å². The SMILES string of the molecule is CN1CCNCC1c1noc(-c2cc(-c3ccc(F)cc3)n[nH]2)n1.Cl. The molecule has 4 rings (SSSR count). The number of H-pyrrole nitrogens is 1. The minimum atomic E-state index is -0.277. The van der Waals surface area contributed by atoms with Gasteiger partial charge in [-0.05, 0) is 37.4 Å². The summed E-state index contributed by atoms with van der Waals surface area (Å²) >= 11 is 0.